The number of carbonyl (C=O) groups excluding carboxylic acids is 4. The number of esters is 1. The van der Waals surface area contributed by atoms with Crippen LogP contribution in [0.5, 0.6) is 0 Å². The lowest BCUT2D eigenvalue weighted by molar-refractivity contribution is -0.122. The van der Waals surface area contributed by atoms with Crippen molar-refractivity contribution in [1.82, 2.24) is 0 Å². The van der Waals surface area contributed by atoms with Crippen molar-refractivity contribution in [3.05, 3.63) is 64.7 Å². The molecule has 2 aromatic carbocycles. The van der Waals surface area contributed by atoms with E-state index in [0.717, 1.165) is 30.4 Å². The highest BCUT2D eigenvalue weighted by molar-refractivity contribution is 6.22. The Morgan fingerprint density at radius 1 is 0.969 bits per heavy atom. The summed E-state index contributed by atoms with van der Waals surface area (Å²) in [6.45, 7) is 5.50. The largest absolute Gasteiger partial charge is 0.454 e. The number of ketones is 1. The van der Waals surface area contributed by atoms with Crippen molar-refractivity contribution in [3.8, 4) is 0 Å². The molecule has 2 amide bonds. The average molecular weight is 434 g/mol. The van der Waals surface area contributed by atoms with Crippen LogP contribution in [-0.2, 0) is 14.3 Å². The maximum absolute atomic E-state index is 12.9. The van der Waals surface area contributed by atoms with Crippen LogP contribution in [0.1, 0.15) is 58.0 Å². The first-order valence-electron chi connectivity index (χ1n) is 11.0. The van der Waals surface area contributed by atoms with Crippen molar-refractivity contribution in [1.29, 1.82) is 0 Å². The topological polar surface area (TPSA) is 80.8 Å². The predicted octanol–water partition coefficient (Wildman–Crippen LogP) is 4.27. The lowest BCUT2D eigenvalue weighted by Crippen LogP contribution is -2.30. The molecule has 2 aromatic rings. The number of amides is 2. The molecule has 1 aliphatic carbocycles. The Balaban J connectivity index is 1.42. The number of hydrogen-bond acceptors (Lipinski definition) is 5. The Hall–Kier alpha value is -3.28. The fourth-order valence-corrected chi connectivity index (χ4v) is 4.72. The van der Waals surface area contributed by atoms with Crippen LogP contribution < -0.4 is 4.90 Å². The fourth-order valence-electron chi connectivity index (χ4n) is 4.72. The number of anilines is 1. The molecule has 1 saturated carbocycles. The minimum Gasteiger partial charge on any atom is -0.454 e. The summed E-state index contributed by atoms with van der Waals surface area (Å²) < 4.78 is 5.20. The van der Waals surface area contributed by atoms with Crippen molar-refractivity contribution < 1.29 is 23.9 Å². The summed E-state index contributed by atoms with van der Waals surface area (Å²) in [4.78, 5) is 51.8. The highest BCUT2D eigenvalue weighted by Crippen LogP contribution is 2.42. The molecule has 0 radical (unpaired) electrons. The van der Waals surface area contributed by atoms with Gasteiger partial charge in [-0.3, -0.25) is 19.3 Å². The molecule has 0 aromatic heterocycles. The van der Waals surface area contributed by atoms with Gasteiger partial charge in [0, 0.05) is 5.56 Å². The van der Waals surface area contributed by atoms with E-state index in [0.29, 0.717) is 17.2 Å². The second-order valence-corrected chi connectivity index (χ2v) is 9.01. The summed E-state index contributed by atoms with van der Waals surface area (Å²) in [5, 5.41) is 0. The summed E-state index contributed by atoms with van der Waals surface area (Å²) in [6.07, 6.45) is 2.44. The van der Waals surface area contributed by atoms with E-state index >= 15 is 0 Å². The number of Topliss-reactive ketones (excluding diaryl/α,β-unsaturated/α-hetero) is 1. The van der Waals surface area contributed by atoms with Gasteiger partial charge in [-0.25, -0.2) is 4.79 Å². The van der Waals surface area contributed by atoms with Gasteiger partial charge in [0.25, 0.3) is 0 Å². The third kappa shape index (κ3) is 4.09. The Kier molecular flexibility index (Phi) is 5.96. The van der Waals surface area contributed by atoms with Crippen LogP contribution in [0.25, 0.3) is 0 Å². The van der Waals surface area contributed by atoms with Crippen molar-refractivity contribution in [2.75, 3.05) is 11.5 Å². The molecule has 4 rings (SSSR count). The van der Waals surface area contributed by atoms with Gasteiger partial charge in [0.1, 0.15) is 0 Å². The molecule has 0 unspecified atom stereocenters. The van der Waals surface area contributed by atoms with Crippen LogP contribution in [-0.4, -0.2) is 30.2 Å². The van der Waals surface area contributed by atoms with E-state index in [2.05, 4.69) is 6.92 Å². The van der Waals surface area contributed by atoms with Gasteiger partial charge in [-0.1, -0.05) is 24.6 Å². The summed E-state index contributed by atoms with van der Waals surface area (Å²) >= 11 is 0. The normalized spacial score (nSPS) is 22.6. The molecule has 1 saturated heterocycles. The molecule has 3 atom stereocenters. The Morgan fingerprint density at radius 3 is 2.38 bits per heavy atom. The number of ether oxygens (including phenoxy) is 1. The number of imide groups is 1. The van der Waals surface area contributed by atoms with Crippen molar-refractivity contribution >= 4 is 29.3 Å². The van der Waals surface area contributed by atoms with Crippen molar-refractivity contribution in [3.63, 3.8) is 0 Å². The molecule has 6 heteroatoms. The average Bonchev–Trinajstić information content (AvgIpc) is 3.03. The zero-order chi connectivity index (χ0) is 23.0. The molecule has 32 heavy (non-hydrogen) atoms. The van der Waals surface area contributed by atoms with Crippen LogP contribution in [0.4, 0.5) is 5.69 Å². The van der Waals surface area contributed by atoms with E-state index in [4.69, 9.17) is 4.74 Å². The van der Waals surface area contributed by atoms with Crippen LogP contribution in [0, 0.1) is 31.6 Å². The molecule has 2 fully saturated rings. The summed E-state index contributed by atoms with van der Waals surface area (Å²) in [5.41, 5.74) is 3.05. The Labute approximate surface area is 187 Å². The van der Waals surface area contributed by atoms with Gasteiger partial charge in [-0.2, -0.15) is 0 Å². The standard InChI is InChI=1S/C26H27NO5/c1-15-4-6-17(3)21(12-15)23(28)14-32-26(31)18-7-9-19(10-8-18)27-24(29)20-11-5-16(2)13-22(20)25(27)30/h4,6-10,12,16,20,22H,5,11,13-14H2,1-3H3/t16-,20+,22-/m0/s1. The predicted molar refractivity (Wildman–Crippen MR) is 119 cm³/mol. The van der Waals surface area contributed by atoms with Gasteiger partial charge in [0.05, 0.1) is 23.1 Å². The van der Waals surface area contributed by atoms with E-state index < -0.39 is 5.97 Å². The maximum Gasteiger partial charge on any atom is 0.338 e. The summed E-state index contributed by atoms with van der Waals surface area (Å²) in [6, 6.07) is 11.8. The highest BCUT2D eigenvalue weighted by atomic mass is 16.5. The third-order valence-electron chi connectivity index (χ3n) is 6.58. The number of nitrogens with zero attached hydrogens (tertiary/aromatic N) is 1. The Bertz CT molecular complexity index is 1090. The number of rotatable bonds is 5. The van der Waals surface area contributed by atoms with Gasteiger partial charge < -0.3 is 4.74 Å². The lowest BCUT2D eigenvalue weighted by atomic mass is 9.76. The molecule has 0 bridgehead atoms. The van der Waals surface area contributed by atoms with Crippen LogP contribution in [0.2, 0.25) is 0 Å². The molecule has 0 N–H and O–H groups in total. The van der Waals surface area contributed by atoms with E-state index in [9.17, 15) is 19.2 Å². The lowest BCUT2D eigenvalue weighted by Gasteiger charge is -2.25. The molecule has 2 aliphatic rings. The maximum atomic E-state index is 12.9. The van der Waals surface area contributed by atoms with E-state index in [-0.39, 0.29) is 41.6 Å². The molecule has 166 valence electrons. The SMILES string of the molecule is Cc1ccc(C)c(C(=O)COC(=O)c2ccc(N3C(=O)[C@H]4C[C@@H](C)CC[C@H]4C3=O)cc2)c1. The monoisotopic (exact) mass is 433 g/mol. The first kappa shape index (κ1) is 21.9. The minimum atomic E-state index is -0.628. The van der Waals surface area contributed by atoms with Crippen molar-refractivity contribution in [2.24, 2.45) is 17.8 Å². The molecular formula is C26H27NO5. The number of carbonyl (C=O) groups is 4. The van der Waals surface area contributed by atoms with Gasteiger partial charge in [0.2, 0.25) is 17.6 Å². The second kappa shape index (κ2) is 8.69. The number of fused-ring (bicyclic) bond motifs is 1. The third-order valence-corrected chi connectivity index (χ3v) is 6.58. The molecule has 1 heterocycles. The molecule has 6 nitrogen and oxygen atoms in total. The van der Waals surface area contributed by atoms with Gasteiger partial charge >= 0.3 is 5.97 Å². The summed E-state index contributed by atoms with van der Waals surface area (Å²) in [5.74, 6) is -1.23. The number of hydrogen-bond donors (Lipinski definition) is 0. The van der Waals surface area contributed by atoms with E-state index in [1.165, 1.54) is 17.0 Å². The van der Waals surface area contributed by atoms with Crippen LogP contribution in [0.3, 0.4) is 0 Å². The van der Waals surface area contributed by atoms with Crippen LogP contribution in [0.15, 0.2) is 42.5 Å². The fraction of sp³-hybridized carbons (Fsp3) is 0.385. The quantitative estimate of drug-likeness (QED) is 0.400. The first-order chi connectivity index (χ1) is 15.3. The number of benzene rings is 2. The highest BCUT2D eigenvalue weighted by Gasteiger charge is 2.49. The van der Waals surface area contributed by atoms with E-state index in [1.54, 1.807) is 18.2 Å². The molecule has 1 aliphatic heterocycles. The smallest absolute Gasteiger partial charge is 0.338 e. The van der Waals surface area contributed by atoms with Gasteiger partial charge in [-0.15, -0.1) is 0 Å². The molecule has 0 spiro atoms. The number of aryl methyl sites for hydroxylation is 2. The summed E-state index contributed by atoms with van der Waals surface area (Å²) in [7, 11) is 0. The van der Waals surface area contributed by atoms with Gasteiger partial charge in [-0.05, 0) is 74.9 Å². The zero-order valence-corrected chi connectivity index (χ0v) is 18.6. The van der Waals surface area contributed by atoms with Gasteiger partial charge in [0.15, 0.2) is 6.61 Å². The minimum absolute atomic E-state index is 0.152. The first-order valence-corrected chi connectivity index (χ1v) is 11.0. The zero-order valence-electron chi connectivity index (χ0n) is 18.6. The Morgan fingerprint density at radius 2 is 1.66 bits per heavy atom. The van der Waals surface area contributed by atoms with E-state index in [1.807, 2.05) is 26.0 Å². The second-order valence-electron chi connectivity index (χ2n) is 9.01. The molecular weight excluding hydrogens is 406 g/mol. The van der Waals surface area contributed by atoms with Crippen molar-refractivity contribution in [2.45, 2.75) is 40.0 Å². The van der Waals surface area contributed by atoms with Crippen LogP contribution >= 0.6 is 0 Å².